The van der Waals surface area contributed by atoms with Crippen LogP contribution < -0.4 is 5.32 Å². The zero-order valence-electron chi connectivity index (χ0n) is 12.4. The minimum absolute atomic E-state index is 0.133. The van der Waals surface area contributed by atoms with Gasteiger partial charge >= 0.3 is 0 Å². The highest BCUT2D eigenvalue weighted by Gasteiger charge is 2.34. The Balaban J connectivity index is 2.14. The van der Waals surface area contributed by atoms with E-state index in [2.05, 4.69) is 19.3 Å². The predicted octanol–water partition coefficient (Wildman–Crippen LogP) is 4.24. The van der Waals surface area contributed by atoms with Gasteiger partial charge in [-0.15, -0.1) is 0 Å². The molecule has 0 aliphatic heterocycles. The molecule has 2 rings (SSSR count). The van der Waals surface area contributed by atoms with Crippen molar-refractivity contribution in [1.82, 2.24) is 5.32 Å². The molecule has 1 aromatic rings. The summed E-state index contributed by atoms with van der Waals surface area (Å²) in [6.45, 7) is 4.42. The van der Waals surface area contributed by atoms with Gasteiger partial charge in [0, 0.05) is 6.04 Å². The molecule has 0 radical (unpaired) electrons. The Morgan fingerprint density at radius 2 is 1.95 bits per heavy atom. The van der Waals surface area contributed by atoms with Crippen molar-refractivity contribution in [3.63, 3.8) is 0 Å². The summed E-state index contributed by atoms with van der Waals surface area (Å²) in [5, 5.41) is 3.51. The van der Waals surface area contributed by atoms with Crippen molar-refractivity contribution < 1.29 is 4.39 Å². The number of rotatable bonds is 4. The molecule has 1 aliphatic rings. The first-order chi connectivity index (χ1) is 9.05. The average Bonchev–Trinajstić information content (AvgIpc) is 2.38. The fourth-order valence-corrected chi connectivity index (χ4v) is 3.51. The number of benzene rings is 1. The van der Waals surface area contributed by atoms with Crippen molar-refractivity contribution in [2.45, 2.75) is 58.4 Å². The van der Waals surface area contributed by atoms with Crippen LogP contribution >= 0.6 is 0 Å². The van der Waals surface area contributed by atoms with Gasteiger partial charge in [0.25, 0.3) is 0 Å². The first-order valence-electron chi connectivity index (χ1n) is 7.47. The molecule has 1 saturated carbocycles. The van der Waals surface area contributed by atoms with Crippen LogP contribution in [-0.4, -0.2) is 13.1 Å². The van der Waals surface area contributed by atoms with E-state index in [1.165, 1.54) is 37.7 Å². The number of hydrogen-bond acceptors (Lipinski definition) is 1. The molecule has 0 aromatic heterocycles. The van der Waals surface area contributed by atoms with Gasteiger partial charge in [0.15, 0.2) is 0 Å². The van der Waals surface area contributed by atoms with Crippen molar-refractivity contribution in [2.75, 3.05) is 7.05 Å². The maximum Gasteiger partial charge on any atom is 0.123 e. The third-order valence-corrected chi connectivity index (χ3v) is 4.91. The van der Waals surface area contributed by atoms with Gasteiger partial charge in [0.1, 0.15) is 5.82 Å². The van der Waals surface area contributed by atoms with Gasteiger partial charge < -0.3 is 5.32 Å². The number of likely N-dealkylation sites (N-methyl/N-ethyl adjacent to an activating group) is 1. The molecule has 1 N–H and O–H groups in total. The van der Waals surface area contributed by atoms with Crippen LogP contribution in [0.15, 0.2) is 18.2 Å². The first kappa shape index (κ1) is 14.5. The second-order valence-corrected chi connectivity index (χ2v) is 6.33. The Hall–Kier alpha value is -0.890. The van der Waals surface area contributed by atoms with Gasteiger partial charge in [0.2, 0.25) is 0 Å². The van der Waals surface area contributed by atoms with E-state index < -0.39 is 0 Å². The van der Waals surface area contributed by atoms with Crippen molar-refractivity contribution >= 4 is 0 Å². The lowest BCUT2D eigenvalue weighted by Gasteiger charge is -2.41. The molecule has 19 heavy (non-hydrogen) atoms. The van der Waals surface area contributed by atoms with Gasteiger partial charge in [-0.2, -0.15) is 0 Å². The molecule has 0 heterocycles. The van der Waals surface area contributed by atoms with E-state index in [9.17, 15) is 4.39 Å². The molecular weight excluding hydrogens is 237 g/mol. The lowest BCUT2D eigenvalue weighted by atomic mass is 9.69. The normalized spacial score (nSPS) is 20.2. The zero-order chi connectivity index (χ0) is 13.9. The number of nitrogens with one attached hydrogen (secondary N) is 1. The van der Waals surface area contributed by atoms with E-state index in [0.717, 1.165) is 12.0 Å². The molecule has 2 heteroatoms. The summed E-state index contributed by atoms with van der Waals surface area (Å²) in [6, 6.07) is 5.65. The van der Waals surface area contributed by atoms with E-state index in [0.29, 0.717) is 11.5 Å². The van der Waals surface area contributed by atoms with E-state index in [1.807, 2.05) is 13.0 Å². The van der Waals surface area contributed by atoms with E-state index in [-0.39, 0.29) is 5.82 Å². The molecule has 0 spiro atoms. The average molecular weight is 263 g/mol. The van der Waals surface area contributed by atoms with Crippen LogP contribution in [0.1, 0.15) is 50.2 Å². The summed E-state index contributed by atoms with van der Waals surface area (Å²) in [5.74, 6) is -0.133. The van der Waals surface area contributed by atoms with E-state index in [4.69, 9.17) is 0 Å². The minimum Gasteiger partial charge on any atom is -0.316 e. The van der Waals surface area contributed by atoms with Crippen LogP contribution in [-0.2, 0) is 6.42 Å². The van der Waals surface area contributed by atoms with Gasteiger partial charge in [-0.05, 0) is 61.9 Å². The van der Waals surface area contributed by atoms with Gasteiger partial charge in [-0.1, -0.05) is 32.3 Å². The topological polar surface area (TPSA) is 12.0 Å². The molecule has 106 valence electrons. The highest BCUT2D eigenvalue weighted by atomic mass is 19.1. The van der Waals surface area contributed by atoms with Crippen LogP contribution in [0.3, 0.4) is 0 Å². The van der Waals surface area contributed by atoms with Crippen molar-refractivity contribution in [3.8, 4) is 0 Å². The molecule has 1 fully saturated rings. The molecular formula is C17H26FN. The van der Waals surface area contributed by atoms with Gasteiger partial charge in [0.05, 0.1) is 0 Å². The summed E-state index contributed by atoms with van der Waals surface area (Å²) in [6.07, 6.45) is 7.67. The monoisotopic (exact) mass is 263 g/mol. The first-order valence-corrected chi connectivity index (χ1v) is 7.47. The summed E-state index contributed by atoms with van der Waals surface area (Å²) in [4.78, 5) is 0. The molecule has 1 unspecified atom stereocenters. The number of hydrogen-bond donors (Lipinski definition) is 1. The Morgan fingerprint density at radius 1 is 1.26 bits per heavy atom. The lowest BCUT2D eigenvalue weighted by Crippen LogP contribution is -2.44. The summed E-state index contributed by atoms with van der Waals surface area (Å²) < 4.78 is 13.2. The van der Waals surface area contributed by atoms with Crippen molar-refractivity contribution in [3.05, 3.63) is 35.1 Å². The molecule has 0 bridgehead atoms. The largest absolute Gasteiger partial charge is 0.316 e. The van der Waals surface area contributed by atoms with Crippen molar-refractivity contribution in [2.24, 2.45) is 5.41 Å². The zero-order valence-corrected chi connectivity index (χ0v) is 12.4. The quantitative estimate of drug-likeness (QED) is 0.857. The predicted molar refractivity (Wildman–Crippen MR) is 78.9 cm³/mol. The van der Waals surface area contributed by atoms with Gasteiger partial charge in [-0.25, -0.2) is 4.39 Å². The number of halogens is 1. The summed E-state index contributed by atoms with van der Waals surface area (Å²) in [5.41, 5.74) is 2.72. The molecule has 1 nitrogen and oxygen atoms in total. The molecule has 1 aromatic carbocycles. The van der Waals surface area contributed by atoms with Crippen LogP contribution in [0, 0.1) is 18.2 Å². The van der Waals surface area contributed by atoms with Crippen LogP contribution in [0.5, 0.6) is 0 Å². The smallest absolute Gasteiger partial charge is 0.123 e. The highest BCUT2D eigenvalue weighted by molar-refractivity contribution is 5.27. The van der Waals surface area contributed by atoms with Crippen LogP contribution in [0.4, 0.5) is 4.39 Å². The molecule has 0 amide bonds. The van der Waals surface area contributed by atoms with E-state index in [1.54, 1.807) is 12.1 Å². The van der Waals surface area contributed by atoms with E-state index >= 15 is 0 Å². The molecule has 0 saturated heterocycles. The second kappa shape index (κ2) is 6.04. The SMILES string of the molecule is CNC(Cc1ccc(F)cc1C)C1(C)CCCCC1. The Morgan fingerprint density at radius 3 is 2.53 bits per heavy atom. The number of aryl methyl sites for hydroxylation is 1. The summed E-state index contributed by atoms with van der Waals surface area (Å²) in [7, 11) is 2.06. The van der Waals surface area contributed by atoms with Crippen LogP contribution in [0.25, 0.3) is 0 Å². The minimum atomic E-state index is -0.133. The molecule has 1 atom stereocenters. The lowest BCUT2D eigenvalue weighted by molar-refractivity contribution is 0.149. The second-order valence-electron chi connectivity index (χ2n) is 6.33. The van der Waals surface area contributed by atoms with Crippen LogP contribution in [0.2, 0.25) is 0 Å². The Kier molecular flexibility index (Phi) is 4.62. The Labute approximate surface area is 116 Å². The maximum absolute atomic E-state index is 13.2. The third kappa shape index (κ3) is 3.36. The summed E-state index contributed by atoms with van der Waals surface area (Å²) >= 11 is 0. The van der Waals surface area contributed by atoms with Crippen molar-refractivity contribution in [1.29, 1.82) is 0 Å². The fourth-order valence-electron chi connectivity index (χ4n) is 3.51. The van der Waals surface area contributed by atoms with Gasteiger partial charge in [-0.3, -0.25) is 0 Å². The maximum atomic E-state index is 13.2. The fraction of sp³-hybridized carbons (Fsp3) is 0.647. The third-order valence-electron chi connectivity index (χ3n) is 4.91. The highest BCUT2D eigenvalue weighted by Crippen LogP contribution is 2.39. The Bertz CT molecular complexity index is 421. The molecule has 1 aliphatic carbocycles. The standard InChI is InChI=1S/C17H26FN/c1-13-11-15(18)8-7-14(13)12-16(19-3)17(2)9-5-4-6-10-17/h7-8,11,16,19H,4-6,9-10,12H2,1-3H3.